The lowest BCUT2D eigenvalue weighted by Crippen LogP contribution is -2.36. The van der Waals surface area contributed by atoms with E-state index >= 15 is 0 Å². The summed E-state index contributed by atoms with van der Waals surface area (Å²) in [6, 6.07) is 4.48. The Labute approximate surface area is 129 Å². The maximum atomic E-state index is 5.90. The van der Waals surface area contributed by atoms with Crippen molar-refractivity contribution in [2.24, 2.45) is 5.92 Å². The lowest BCUT2D eigenvalue weighted by atomic mass is 9.91. The molecule has 4 rings (SSSR count). The molecule has 4 nitrogen and oxygen atoms in total. The van der Waals surface area contributed by atoms with Gasteiger partial charge in [0.25, 0.3) is 0 Å². The fraction of sp³-hybridized carbons (Fsp3) is 0.625. The van der Waals surface area contributed by atoms with E-state index < -0.39 is 0 Å². The second kappa shape index (κ2) is 5.13. The van der Waals surface area contributed by atoms with Crippen LogP contribution in [0.5, 0.6) is 0 Å². The minimum absolute atomic E-state index is 0.308. The first-order valence-electron chi connectivity index (χ1n) is 7.87. The summed E-state index contributed by atoms with van der Waals surface area (Å²) in [5.74, 6) is 4.47. The van der Waals surface area contributed by atoms with Gasteiger partial charge in [-0.2, -0.15) is 4.37 Å². The first kappa shape index (κ1) is 13.3. The Bertz CT molecular complexity index is 631. The number of piperidine rings is 1. The highest BCUT2D eigenvalue weighted by molar-refractivity contribution is 7.09. The molecule has 1 aliphatic heterocycles. The van der Waals surface area contributed by atoms with Crippen LogP contribution in [0.25, 0.3) is 0 Å². The zero-order valence-corrected chi connectivity index (χ0v) is 13.4. The Morgan fingerprint density at radius 2 is 2.14 bits per heavy atom. The molecule has 0 aromatic carbocycles. The van der Waals surface area contributed by atoms with Crippen molar-refractivity contribution in [1.82, 2.24) is 9.36 Å². The molecule has 2 aromatic heterocycles. The van der Waals surface area contributed by atoms with E-state index in [9.17, 15) is 0 Å². The van der Waals surface area contributed by atoms with Gasteiger partial charge in [-0.3, -0.25) is 0 Å². The number of aromatic nitrogens is 2. The molecule has 0 radical (unpaired) electrons. The number of aryl methyl sites for hydroxylation is 1. The van der Waals surface area contributed by atoms with Gasteiger partial charge < -0.3 is 9.32 Å². The molecule has 2 aliphatic rings. The van der Waals surface area contributed by atoms with Crippen LogP contribution in [0.3, 0.4) is 0 Å². The van der Waals surface area contributed by atoms with Crippen LogP contribution in [0.1, 0.15) is 61.9 Å². The molecular weight excluding hydrogens is 282 g/mol. The Morgan fingerprint density at radius 3 is 2.86 bits per heavy atom. The van der Waals surface area contributed by atoms with Crippen LogP contribution in [0.4, 0.5) is 5.13 Å². The minimum atomic E-state index is 0.308. The zero-order valence-electron chi connectivity index (χ0n) is 12.6. The summed E-state index contributed by atoms with van der Waals surface area (Å²) in [7, 11) is 0. The van der Waals surface area contributed by atoms with Gasteiger partial charge in [0.15, 0.2) is 0 Å². The van der Waals surface area contributed by atoms with E-state index in [0.717, 1.165) is 41.4 Å². The summed E-state index contributed by atoms with van der Waals surface area (Å²) in [6.45, 7) is 5.39. The second-order valence-electron chi connectivity index (χ2n) is 6.50. The van der Waals surface area contributed by atoms with Crippen LogP contribution in [-0.4, -0.2) is 15.9 Å². The SMILES string of the molecule is Cc1ccc(C2CC(C)CCN2c2nc(C3CC3)ns2)o1. The van der Waals surface area contributed by atoms with Crippen molar-refractivity contribution in [3.05, 3.63) is 29.5 Å². The molecule has 0 N–H and O–H groups in total. The molecule has 2 aromatic rings. The predicted molar refractivity (Wildman–Crippen MR) is 83.8 cm³/mol. The van der Waals surface area contributed by atoms with Crippen molar-refractivity contribution in [1.29, 1.82) is 0 Å². The quantitative estimate of drug-likeness (QED) is 0.848. The van der Waals surface area contributed by atoms with E-state index in [-0.39, 0.29) is 0 Å². The number of rotatable bonds is 3. The zero-order chi connectivity index (χ0) is 14.4. The van der Waals surface area contributed by atoms with Gasteiger partial charge in [-0.05, 0) is 50.7 Å². The van der Waals surface area contributed by atoms with Crippen LogP contribution < -0.4 is 4.90 Å². The maximum absolute atomic E-state index is 5.90. The second-order valence-corrected chi connectivity index (χ2v) is 7.23. The van der Waals surface area contributed by atoms with Crippen molar-refractivity contribution in [3.8, 4) is 0 Å². The Balaban J connectivity index is 1.63. The maximum Gasteiger partial charge on any atom is 0.205 e. The molecule has 21 heavy (non-hydrogen) atoms. The first-order valence-corrected chi connectivity index (χ1v) is 8.64. The summed E-state index contributed by atoms with van der Waals surface area (Å²) in [5, 5.41) is 1.07. The largest absolute Gasteiger partial charge is 0.464 e. The monoisotopic (exact) mass is 303 g/mol. The van der Waals surface area contributed by atoms with E-state index in [1.54, 1.807) is 11.5 Å². The molecule has 2 atom stereocenters. The van der Waals surface area contributed by atoms with Crippen molar-refractivity contribution in [3.63, 3.8) is 0 Å². The lowest BCUT2D eigenvalue weighted by molar-refractivity contribution is 0.324. The fourth-order valence-corrected chi connectivity index (χ4v) is 3.95. The standard InChI is InChI=1S/C16H21N3OS/c1-10-7-8-19(13(9-10)14-6-3-11(2)20-14)16-17-15(18-21-16)12-4-5-12/h3,6,10,12-13H,4-5,7-9H2,1-2H3. The smallest absolute Gasteiger partial charge is 0.205 e. The fourth-order valence-electron chi connectivity index (χ4n) is 3.12. The predicted octanol–water partition coefficient (Wildman–Crippen LogP) is 4.29. The third kappa shape index (κ3) is 2.59. The van der Waals surface area contributed by atoms with E-state index in [1.165, 1.54) is 19.3 Å². The normalized spacial score (nSPS) is 26.3. The average Bonchev–Trinajstić information content (AvgIpc) is 3.05. The number of anilines is 1. The molecule has 1 saturated carbocycles. The molecule has 5 heteroatoms. The molecule has 0 amide bonds. The van der Waals surface area contributed by atoms with Crippen LogP contribution >= 0.6 is 11.5 Å². The van der Waals surface area contributed by atoms with Crippen LogP contribution in [0, 0.1) is 12.8 Å². The summed E-state index contributed by atoms with van der Waals surface area (Å²) >= 11 is 1.55. The lowest BCUT2D eigenvalue weighted by Gasteiger charge is -2.37. The Hall–Kier alpha value is -1.36. The van der Waals surface area contributed by atoms with Crippen LogP contribution in [0.15, 0.2) is 16.5 Å². The van der Waals surface area contributed by atoms with Gasteiger partial charge in [-0.25, -0.2) is 4.98 Å². The summed E-state index contributed by atoms with van der Waals surface area (Å²) in [4.78, 5) is 7.20. The Morgan fingerprint density at radius 1 is 1.29 bits per heavy atom. The topological polar surface area (TPSA) is 42.2 Å². The van der Waals surface area contributed by atoms with E-state index in [2.05, 4.69) is 28.3 Å². The van der Waals surface area contributed by atoms with E-state index in [4.69, 9.17) is 9.40 Å². The Kier molecular flexibility index (Phi) is 3.25. The van der Waals surface area contributed by atoms with Gasteiger partial charge >= 0.3 is 0 Å². The summed E-state index contributed by atoms with van der Waals surface area (Å²) in [5.41, 5.74) is 0. The third-order valence-corrected chi connectivity index (χ3v) is 5.34. The molecule has 1 saturated heterocycles. The molecule has 2 fully saturated rings. The third-order valence-electron chi connectivity index (χ3n) is 4.57. The average molecular weight is 303 g/mol. The highest BCUT2D eigenvalue weighted by atomic mass is 32.1. The molecule has 1 aliphatic carbocycles. The number of furan rings is 1. The molecule has 112 valence electrons. The summed E-state index contributed by atoms with van der Waals surface area (Å²) in [6.07, 6.45) is 4.86. The molecule has 0 spiro atoms. The molecule has 0 bridgehead atoms. The van der Waals surface area contributed by atoms with Crippen molar-refractivity contribution < 1.29 is 4.42 Å². The van der Waals surface area contributed by atoms with Gasteiger partial charge in [0.1, 0.15) is 17.3 Å². The first-order chi connectivity index (χ1) is 10.2. The van der Waals surface area contributed by atoms with Gasteiger partial charge in [0, 0.05) is 24.0 Å². The minimum Gasteiger partial charge on any atom is -0.464 e. The van der Waals surface area contributed by atoms with Crippen molar-refractivity contribution >= 4 is 16.7 Å². The molecular formula is C16H21N3OS. The highest BCUT2D eigenvalue weighted by Gasteiger charge is 2.34. The van der Waals surface area contributed by atoms with E-state index in [0.29, 0.717) is 12.0 Å². The van der Waals surface area contributed by atoms with Gasteiger partial charge in [-0.15, -0.1) is 0 Å². The van der Waals surface area contributed by atoms with E-state index in [1.807, 2.05) is 6.92 Å². The number of hydrogen-bond acceptors (Lipinski definition) is 5. The van der Waals surface area contributed by atoms with Crippen LogP contribution in [-0.2, 0) is 0 Å². The van der Waals surface area contributed by atoms with Crippen molar-refractivity contribution in [2.45, 2.75) is 51.5 Å². The number of hydrogen-bond donors (Lipinski definition) is 0. The highest BCUT2D eigenvalue weighted by Crippen LogP contribution is 2.42. The van der Waals surface area contributed by atoms with Gasteiger partial charge in [-0.1, -0.05) is 6.92 Å². The molecule has 3 heterocycles. The summed E-state index contributed by atoms with van der Waals surface area (Å²) < 4.78 is 10.5. The van der Waals surface area contributed by atoms with Gasteiger partial charge in [0.05, 0.1) is 6.04 Å². The van der Waals surface area contributed by atoms with Crippen molar-refractivity contribution in [2.75, 3.05) is 11.4 Å². The number of nitrogens with zero attached hydrogens (tertiary/aromatic N) is 3. The van der Waals surface area contributed by atoms with Gasteiger partial charge in [0.2, 0.25) is 5.13 Å². The molecule has 2 unspecified atom stereocenters. The van der Waals surface area contributed by atoms with Crippen LogP contribution in [0.2, 0.25) is 0 Å².